The van der Waals surface area contributed by atoms with Gasteiger partial charge < -0.3 is 5.32 Å². The Labute approximate surface area is 111 Å². The van der Waals surface area contributed by atoms with Crippen LogP contribution in [0.15, 0.2) is 24.4 Å². The van der Waals surface area contributed by atoms with Crippen molar-refractivity contribution in [2.24, 2.45) is 0 Å². The molecule has 1 N–H and O–H groups in total. The molecule has 0 fully saturated rings. The van der Waals surface area contributed by atoms with Gasteiger partial charge in [0.15, 0.2) is 0 Å². The van der Waals surface area contributed by atoms with Gasteiger partial charge in [-0.2, -0.15) is 5.10 Å². The predicted molar refractivity (Wildman–Crippen MR) is 72.5 cm³/mol. The number of aryl methyl sites for hydroxylation is 2. The van der Waals surface area contributed by atoms with Crippen molar-refractivity contribution in [2.75, 3.05) is 7.05 Å². The third-order valence-electron chi connectivity index (χ3n) is 3.02. The molecule has 100 valence electrons. The monoisotopic (exact) mass is 260 g/mol. The number of nitrogens with zero attached hydrogens (tertiary/aromatic N) is 3. The lowest BCUT2D eigenvalue weighted by Gasteiger charge is -2.05. The summed E-state index contributed by atoms with van der Waals surface area (Å²) in [5.41, 5.74) is 3.75. The van der Waals surface area contributed by atoms with E-state index in [0.717, 1.165) is 29.1 Å². The molecule has 0 aliphatic carbocycles. The highest BCUT2D eigenvalue weighted by molar-refractivity contribution is 5.48. The summed E-state index contributed by atoms with van der Waals surface area (Å²) in [5.74, 6) is 0. The van der Waals surface area contributed by atoms with Crippen molar-refractivity contribution < 1.29 is 4.92 Å². The van der Waals surface area contributed by atoms with Crippen LogP contribution in [0.2, 0.25) is 0 Å². The average Bonchev–Trinajstić information content (AvgIpc) is 2.71. The maximum atomic E-state index is 10.8. The number of benzene rings is 1. The van der Waals surface area contributed by atoms with Gasteiger partial charge in [-0.3, -0.25) is 10.1 Å². The fraction of sp³-hybridized carbons (Fsp3) is 0.308. The number of nitro benzene ring substituents is 1. The summed E-state index contributed by atoms with van der Waals surface area (Å²) in [6, 6.07) is 4.79. The molecule has 19 heavy (non-hydrogen) atoms. The maximum absolute atomic E-state index is 10.8. The molecule has 2 aromatic rings. The molecule has 6 heteroatoms. The Morgan fingerprint density at radius 3 is 2.79 bits per heavy atom. The van der Waals surface area contributed by atoms with Crippen LogP contribution in [0.25, 0.3) is 5.69 Å². The zero-order chi connectivity index (χ0) is 14.0. The molecule has 0 spiro atoms. The highest BCUT2D eigenvalue weighted by Crippen LogP contribution is 2.21. The van der Waals surface area contributed by atoms with Crippen molar-refractivity contribution >= 4 is 5.69 Å². The predicted octanol–water partition coefficient (Wildman–Crippen LogP) is 2.12. The van der Waals surface area contributed by atoms with E-state index in [1.165, 1.54) is 6.07 Å². The smallest absolute Gasteiger partial charge is 0.271 e. The summed E-state index contributed by atoms with van der Waals surface area (Å²) < 4.78 is 1.70. The van der Waals surface area contributed by atoms with Gasteiger partial charge in [0.05, 0.1) is 16.3 Å². The van der Waals surface area contributed by atoms with Crippen LogP contribution in [0, 0.1) is 24.0 Å². The molecule has 0 radical (unpaired) electrons. The van der Waals surface area contributed by atoms with Crippen LogP contribution >= 0.6 is 0 Å². The number of hydrogen-bond donors (Lipinski definition) is 1. The summed E-state index contributed by atoms with van der Waals surface area (Å²) in [5, 5.41) is 18.3. The quantitative estimate of drug-likeness (QED) is 0.675. The molecule has 0 atom stereocenters. The standard InChI is InChI=1S/C13H16N4O2/c1-9-4-5-12(17(18)19)6-13(9)16-8-11(7-14-3)10(2)15-16/h4-6,8,14H,7H2,1-3H3. The van der Waals surface area contributed by atoms with E-state index in [1.54, 1.807) is 16.8 Å². The number of non-ortho nitro benzene ring substituents is 1. The number of aromatic nitrogens is 2. The third kappa shape index (κ3) is 2.63. The van der Waals surface area contributed by atoms with Crippen LogP contribution in [0.1, 0.15) is 16.8 Å². The first-order valence-electron chi connectivity index (χ1n) is 5.98. The Hall–Kier alpha value is -2.21. The topological polar surface area (TPSA) is 73.0 Å². The molecule has 0 unspecified atom stereocenters. The minimum atomic E-state index is -0.395. The molecule has 0 saturated carbocycles. The van der Waals surface area contributed by atoms with E-state index in [9.17, 15) is 10.1 Å². The molecule has 0 aliphatic rings. The summed E-state index contributed by atoms with van der Waals surface area (Å²) in [6.07, 6.45) is 1.90. The third-order valence-corrected chi connectivity index (χ3v) is 3.02. The lowest BCUT2D eigenvalue weighted by molar-refractivity contribution is -0.384. The van der Waals surface area contributed by atoms with E-state index < -0.39 is 4.92 Å². The van der Waals surface area contributed by atoms with E-state index in [4.69, 9.17) is 0 Å². The minimum absolute atomic E-state index is 0.0731. The summed E-state index contributed by atoms with van der Waals surface area (Å²) in [6.45, 7) is 4.56. The van der Waals surface area contributed by atoms with Gasteiger partial charge >= 0.3 is 0 Å². The lowest BCUT2D eigenvalue weighted by Crippen LogP contribution is -2.05. The molecule has 2 rings (SSSR count). The normalized spacial score (nSPS) is 10.7. The van der Waals surface area contributed by atoms with Gasteiger partial charge in [-0.25, -0.2) is 4.68 Å². The minimum Gasteiger partial charge on any atom is -0.316 e. The molecule has 0 saturated heterocycles. The van der Waals surface area contributed by atoms with Gasteiger partial charge in [-0.15, -0.1) is 0 Å². The van der Waals surface area contributed by atoms with Gasteiger partial charge in [0.25, 0.3) is 5.69 Å². The number of nitro groups is 1. The van der Waals surface area contributed by atoms with Crippen LogP contribution in [0.3, 0.4) is 0 Å². The van der Waals surface area contributed by atoms with E-state index in [1.807, 2.05) is 27.1 Å². The van der Waals surface area contributed by atoms with E-state index in [2.05, 4.69) is 10.4 Å². The Bertz CT molecular complexity index is 619. The second-order valence-electron chi connectivity index (χ2n) is 4.44. The Morgan fingerprint density at radius 2 is 2.16 bits per heavy atom. The van der Waals surface area contributed by atoms with Gasteiger partial charge in [0.2, 0.25) is 0 Å². The maximum Gasteiger partial charge on any atom is 0.271 e. The van der Waals surface area contributed by atoms with E-state index >= 15 is 0 Å². The largest absolute Gasteiger partial charge is 0.316 e. The van der Waals surface area contributed by atoms with Crippen LogP contribution in [0.5, 0.6) is 0 Å². The zero-order valence-corrected chi connectivity index (χ0v) is 11.2. The Kier molecular flexibility index (Phi) is 3.62. The van der Waals surface area contributed by atoms with Crippen molar-refractivity contribution in [2.45, 2.75) is 20.4 Å². The summed E-state index contributed by atoms with van der Waals surface area (Å²) in [7, 11) is 1.87. The Morgan fingerprint density at radius 1 is 1.42 bits per heavy atom. The highest BCUT2D eigenvalue weighted by atomic mass is 16.6. The van der Waals surface area contributed by atoms with Crippen LogP contribution in [0.4, 0.5) is 5.69 Å². The first-order valence-corrected chi connectivity index (χ1v) is 5.98. The number of rotatable bonds is 4. The van der Waals surface area contributed by atoms with Crippen molar-refractivity contribution in [1.82, 2.24) is 15.1 Å². The van der Waals surface area contributed by atoms with Gasteiger partial charge in [-0.1, -0.05) is 6.07 Å². The second-order valence-corrected chi connectivity index (χ2v) is 4.44. The lowest BCUT2D eigenvalue weighted by atomic mass is 10.2. The van der Waals surface area contributed by atoms with E-state index in [-0.39, 0.29) is 5.69 Å². The molecule has 0 aliphatic heterocycles. The molecule has 6 nitrogen and oxygen atoms in total. The van der Waals surface area contributed by atoms with Crippen LogP contribution < -0.4 is 5.32 Å². The van der Waals surface area contributed by atoms with Crippen LogP contribution in [-0.2, 0) is 6.54 Å². The molecular weight excluding hydrogens is 244 g/mol. The molecule has 0 bridgehead atoms. The average molecular weight is 260 g/mol. The molecule has 1 heterocycles. The fourth-order valence-corrected chi connectivity index (χ4v) is 1.94. The Balaban J connectivity index is 2.48. The number of hydrogen-bond acceptors (Lipinski definition) is 4. The molecule has 1 aromatic carbocycles. The molecule has 1 aromatic heterocycles. The van der Waals surface area contributed by atoms with Crippen molar-refractivity contribution in [3.8, 4) is 5.69 Å². The molecular formula is C13H16N4O2. The van der Waals surface area contributed by atoms with Crippen molar-refractivity contribution in [3.63, 3.8) is 0 Å². The van der Waals surface area contributed by atoms with Gasteiger partial charge in [-0.05, 0) is 26.5 Å². The fourth-order valence-electron chi connectivity index (χ4n) is 1.94. The highest BCUT2D eigenvalue weighted by Gasteiger charge is 2.12. The molecule has 0 amide bonds. The first kappa shape index (κ1) is 13.2. The van der Waals surface area contributed by atoms with Gasteiger partial charge in [0.1, 0.15) is 0 Å². The number of nitrogens with one attached hydrogen (secondary N) is 1. The van der Waals surface area contributed by atoms with E-state index in [0.29, 0.717) is 0 Å². The zero-order valence-electron chi connectivity index (χ0n) is 11.2. The summed E-state index contributed by atoms with van der Waals surface area (Å²) >= 11 is 0. The van der Waals surface area contributed by atoms with Crippen molar-refractivity contribution in [1.29, 1.82) is 0 Å². The van der Waals surface area contributed by atoms with Crippen LogP contribution in [-0.4, -0.2) is 21.8 Å². The van der Waals surface area contributed by atoms with Crippen molar-refractivity contribution in [3.05, 3.63) is 51.3 Å². The first-order chi connectivity index (χ1) is 9.02. The summed E-state index contributed by atoms with van der Waals surface area (Å²) in [4.78, 5) is 10.4. The van der Waals surface area contributed by atoms with Gasteiger partial charge in [0, 0.05) is 30.4 Å². The second kappa shape index (κ2) is 5.19. The SMILES string of the molecule is CNCc1cn(-c2cc([N+](=O)[O-])ccc2C)nc1C.